The summed E-state index contributed by atoms with van der Waals surface area (Å²) in [6.07, 6.45) is 0. The van der Waals surface area contributed by atoms with Crippen molar-refractivity contribution in [1.29, 1.82) is 0 Å². The molecule has 130 valence electrons. The molecule has 0 unspecified atom stereocenters. The second kappa shape index (κ2) is 7.26. The predicted octanol–water partition coefficient (Wildman–Crippen LogP) is 5.85. The van der Waals surface area contributed by atoms with Crippen LogP contribution in [0.5, 0.6) is 0 Å². The second-order valence-electron chi connectivity index (χ2n) is 6.24. The van der Waals surface area contributed by atoms with Crippen LogP contribution in [0.4, 0.5) is 5.69 Å². The van der Waals surface area contributed by atoms with Gasteiger partial charge in [-0.2, -0.15) is 0 Å². The molecule has 4 heteroatoms. The first-order chi connectivity index (χ1) is 12.7. The van der Waals surface area contributed by atoms with Crippen molar-refractivity contribution in [3.8, 4) is 0 Å². The molecular formula is C22H19NO2S. The van der Waals surface area contributed by atoms with Gasteiger partial charge in [0.2, 0.25) is 5.91 Å². The number of benzene rings is 3. The first-order valence-electron chi connectivity index (χ1n) is 8.58. The van der Waals surface area contributed by atoms with Crippen molar-refractivity contribution in [3.05, 3.63) is 78.4 Å². The standard InChI is InChI=1S/C22H19NO2S/c1-15(26-14-16-7-3-2-4-8-16)22(24)23-17-11-12-19-18-9-5-6-10-20(18)25-21(19)13-17/h2-13,15H,14H2,1H3,(H,23,24)/t15-/m0/s1. The maximum atomic E-state index is 12.5. The number of hydrogen-bond donors (Lipinski definition) is 1. The van der Waals surface area contributed by atoms with Crippen molar-refractivity contribution in [1.82, 2.24) is 0 Å². The van der Waals surface area contributed by atoms with Crippen LogP contribution >= 0.6 is 11.8 Å². The molecule has 1 heterocycles. The van der Waals surface area contributed by atoms with Crippen LogP contribution in [0.25, 0.3) is 21.9 Å². The molecule has 0 aliphatic heterocycles. The molecule has 4 aromatic rings. The summed E-state index contributed by atoms with van der Waals surface area (Å²) in [5.74, 6) is 0.819. The molecule has 1 aromatic heterocycles. The highest BCUT2D eigenvalue weighted by Gasteiger charge is 2.15. The lowest BCUT2D eigenvalue weighted by molar-refractivity contribution is -0.115. The molecule has 3 nitrogen and oxygen atoms in total. The minimum absolute atomic E-state index is 0.00129. The molecule has 1 atom stereocenters. The van der Waals surface area contributed by atoms with Gasteiger partial charge in [0, 0.05) is 28.3 Å². The van der Waals surface area contributed by atoms with Crippen molar-refractivity contribution >= 4 is 45.3 Å². The van der Waals surface area contributed by atoms with Crippen molar-refractivity contribution in [2.75, 3.05) is 5.32 Å². The van der Waals surface area contributed by atoms with E-state index < -0.39 is 0 Å². The maximum Gasteiger partial charge on any atom is 0.237 e. The number of hydrogen-bond acceptors (Lipinski definition) is 3. The number of fused-ring (bicyclic) bond motifs is 3. The molecule has 3 aromatic carbocycles. The Hall–Kier alpha value is -2.72. The number of para-hydroxylation sites is 1. The summed E-state index contributed by atoms with van der Waals surface area (Å²) in [6, 6.07) is 24.0. The molecule has 1 amide bonds. The predicted molar refractivity (Wildman–Crippen MR) is 110 cm³/mol. The van der Waals surface area contributed by atoms with E-state index >= 15 is 0 Å². The van der Waals surface area contributed by atoms with E-state index in [0.29, 0.717) is 0 Å². The van der Waals surface area contributed by atoms with Crippen LogP contribution in [-0.2, 0) is 10.5 Å². The van der Waals surface area contributed by atoms with Crippen molar-refractivity contribution in [2.24, 2.45) is 0 Å². The number of anilines is 1. The molecule has 0 radical (unpaired) electrons. The van der Waals surface area contributed by atoms with Crippen LogP contribution in [-0.4, -0.2) is 11.2 Å². The normalized spacial score (nSPS) is 12.3. The highest BCUT2D eigenvalue weighted by Crippen LogP contribution is 2.30. The van der Waals surface area contributed by atoms with Crippen LogP contribution in [0.2, 0.25) is 0 Å². The van der Waals surface area contributed by atoms with Crippen molar-refractivity contribution in [3.63, 3.8) is 0 Å². The van der Waals surface area contributed by atoms with Gasteiger partial charge in [0.1, 0.15) is 11.2 Å². The molecule has 0 aliphatic rings. The van der Waals surface area contributed by atoms with Gasteiger partial charge in [0.25, 0.3) is 0 Å². The first-order valence-corrected chi connectivity index (χ1v) is 9.63. The molecular weight excluding hydrogens is 342 g/mol. The van der Waals surface area contributed by atoms with Gasteiger partial charge < -0.3 is 9.73 Å². The summed E-state index contributed by atoms with van der Waals surface area (Å²) in [5, 5.41) is 5.01. The van der Waals surface area contributed by atoms with Crippen molar-refractivity contribution in [2.45, 2.75) is 17.9 Å². The quantitative estimate of drug-likeness (QED) is 0.485. The van der Waals surface area contributed by atoms with E-state index in [4.69, 9.17) is 4.42 Å². The Morgan fingerprint density at radius 3 is 2.54 bits per heavy atom. The minimum Gasteiger partial charge on any atom is -0.456 e. The zero-order valence-corrected chi connectivity index (χ0v) is 15.3. The van der Waals surface area contributed by atoms with Crippen LogP contribution in [0.3, 0.4) is 0 Å². The molecule has 0 spiro atoms. The van der Waals surface area contributed by atoms with Crippen LogP contribution in [0, 0.1) is 0 Å². The Bertz CT molecular complexity index is 1060. The summed E-state index contributed by atoms with van der Waals surface area (Å²) in [7, 11) is 0. The Morgan fingerprint density at radius 2 is 1.69 bits per heavy atom. The van der Waals surface area contributed by atoms with E-state index in [-0.39, 0.29) is 11.2 Å². The zero-order chi connectivity index (χ0) is 17.9. The number of thioether (sulfide) groups is 1. The third-order valence-electron chi connectivity index (χ3n) is 4.36. The largest absolute Gasteiger partial charge is 0.456 e. The van der Waals surface area contributed by atoms with E-state index in [1.165, 1.54) is 5.56 Å². The molecule has 26 heavy (non-hydrogen) atoms. The zero-order valence-electron chi connectivity index (χ0n) is 14.4. The molecule has 0 saturated heterocycles. The monoisotopic (exact) mass is 361 g/mol. The smallest absolute Gasteiger partial charge is 0.237 e. The van der Waals surface area contributed by atoms with Gasteiger partial charge in [-0.05, 0) is 30.7 Å². The Labute approximate surface area is 156 Å². The summed E-state index contributed by atoms with van der Waals surface area (Å²) in [5.41, 5.74) is 3.63. The molecule has 0 fully saturated rings. The van der Waals surface area contributed by atoms with Crippen LogP contribution < -0.4 is 5.32 Å². The van der Waals surface area contributed by atoms with Crippen molar-refractivity contribution < 1.29 is 9.21 Å². The molecule has 0 saturated carbocycles. The van der Waals surface area contributed by atoms with Crippen LogP contribution in [0.15, 0.2) is 77.2 Å². The minimum atomic E-state index is -0.137. The summed E-state index contributed by atoms with van der Waals surface area (Å²) >= 11 is 1.63. The van der Waals surface area contributed by atoms with E-state index in [2.05, 4.69) is 17.4 Å². The van der Waals surface area contributed by atoms with Crippen LogP contribution in [0.1, 0.15) is 12.5 Å². The molecule has 0 aliphatic carbocycles. The number of amides is 1. The fourth-order valence-electron chi connectivity index (χ4n) is 2.92. The Morgan fingerprint density at radius 1 is 0.962 bits per heavy atom. The average molecular weight is 361 g/mol. The van der Waals surface area contributed by atoms with E-state index in [1.807, 2.05) is 67.6 Å². The summed E-state index contributed by atoms with van der Waals surface area (Å²) in [6.45, 7) is 1.93. The summed E-state index contributed by atoms with van der Waals surface area (Å²) in [4.78, 5) is 12.5. The summed E-state index contributed by atoms with van der Waals surface area (Å²) < 4.78 is 5.88. The highest BCUT2D eigenvalue weighted by molar-refractivity contribution is 7.99. The average Bonchev–Trinajstić information content (AvgIpc) is 3.04. The lowest BCUT2D eigenvalue weighted by Crippen LogP contribution is -2.22. The van der Waals surface area contributed by atoms with Gasteiger partial charge in [0.05, 0.1) is 5.25 Å². The van der Waals surface area contributed by atoms with Gasteiger partial charge in [-0.1, -0.05) is 48.5 Å². The number of carbonyl (C=O) groups excluding carboxylic acids is 1. The third kappa shape index (κ3) is 3.46. The maximum absolute atomic E-state index is 12.5. The third-order valence-corrected chi connectivity index (χ3v) is 5.57. The topological polar surface area (TPSA) is 42.2 Å². The highest BCUT2D eigenvalue weighted by atomic mass is 32.2. The van der Waals surface area contributed by atoms with Gasteiger partial charge in [-0.15, -0.1) is 11.8 Å². The molecule has 0 bridgehead atoms. The Balaban J connectivity index is 1.45. The number of rotatable bonds is 5. The Kier molecular flexibility index (Phi) is 4.67. The lowest BCUT2D eigenvalue weighted by atomic mass is 10.1. The molecule has 4 rings (SSSR count). The lowest BCUT2D eigenvalue weighted by Gasteiger charge is -2.12. The number of nitrogens with one attached hydrogen (secondary N) is 1. The van der Waals surface area contributed by atoms with Gasteiger partial charge >= 0.3 is 0 Å². The van der Waals surface area contributed by atoms with Gasteiger partial charge in [0.15, 0.2) is 0 Å². The second-order valence-corrected chi connectivity index (χ2v) is 7.57. The molecule has 1 N–H and O–H groups in total. The van der Waals surface area contributed by atoms with Gasteiger partial charge in [-0.3, -0.25) is 4.79 Å². The van der Waals surface area contributed by atoms with E-state index in [0.717, 1.165) is 33.4 Å². The number of furan rings is 1. The first kappa shape index (κ1) is 16.7. The van der Waals surface area contributed by atoms with E-state index in [9.17, 15) is 4.79 Å². The SMILES string of the molecule is C[C@H](SCc1ccccc1)C(=O)Nc1ccc2c(c1)oc1ccccc12. The number of carbonyl (C=O) groups is 1. The fourth-order valence-corrected chi connectivity index (χ4v) is 3.76. The fraction of sp³-hybridized carbons (Fsp3) is 0.136. The van der Waals surface area contributed by atoms with Gasteiger partial charge in [-0.25, -0.2) is 0 Å². The van der Waals surface area contributed by atoms with E-state index in [1.54, 1.807) is 11.8 Å².